The first-order chi connectivity index (χ1) is 32.7. The van der Waals surface area contributed by atoms with Crippen molar-refractivity contribution < 1.29 is 4.42 Å². The van der Waals surface area contributed by atoms with Crippen LogP contribution in [0.4, 0.5) is 0 Å². The van der Waals surface area contributed by atoms with Crippen LogP contribution in [0.1, 0.15) is 0 Å². The summed E-state index contributed by atoms with van der Waals surface area (Å²) in [6.07, 6.45) is 0. The summed E-state index contributed by atoms with van der Waals surface area (Å²) < 4.78 is 9.05. The molecule has 0 fully saturated rings. The molecule has 11 aromatic carbocycles. The first-order valence-electron chi connectivity index (χ1n) is 22.3. The Hall–Kier alpha value is -8.93. The molecule has 0 N–H and O–H groups in total. The topological polar surface area (TPSA) is 56.7 Å². The van der Waals surface area contributed by atoms with E-state index in [2.05, 4.69) is 217 Å². The Bertz CT molecular complexity index is 4200. The van der Waals surface area contributed by atoms with Gasteiger partial charge in [-0.15, -0.1) is 0 Å². The van der Waals surface area contributed by atoms with Crippen molar-refractivity contribution in [2.24, 2.45) is 0 Å². The van der Waals surface area contributed by atoms with Gasteiger partial charge in [-0.2, -0.15) is 0 Å². The van der Waals surface area contributed by atoms with Gasteiger partial charge in [-0.25, -0.2) is 15.0 Å². The van der Waals surface area contributed by atoms with Gasteiger partial charge in [0.1, 0.15) is 11.2 Å². The molecule has 5 nitrogen and oxygen atoms in total. The van der Waals surface area contributed by atoms with Crippen LogP contribution in [0, 0.1) is 0 Å². The number of fused-ring (bicyclic) bond motifs is 11. The van der Waals surface area contributed by atoms with Crippen molar-refractivity contribution in [3.63, 3.8) is 0 Å². The van der Waals surface area contributed by atoms with Crippen LogP contribution in [0.3, 0.4) is 0 Å². The van der Waals surface area contributed by atoms with Gasteiger partial charge in [0.15, 0.2) is 17.5 Å². The highest BCUT2D eigenvalue weighted by molar-refractivity contribution is 6.21. The maximum absolute atomic E-state index is 6.57. The number of para-hydroxylation sites is 1. The van der Waals surface area contributed by atoms with Crippen molar-refractivity contribution >= 4 is 86.8 Å². The Morgan fingerprint density at radius 1 is 0.318 bits per heavy atom. The van der Waals surface area contributed by atoms with Crippen LogP contribution in [-0.4, -0.2) is 19.5 Å². The highest BCUT2D eigenvalue weighted by Gasteiger charge is 2.23. The first kappa shape index (κ1) is 36.5. The predicted octanol–water partition coefficient (Wildman–Crippen LogP) is 16.1. The van der Waals surface area contributed by atoms with Gasteiger partial charge in [-0.05, 0) is 85.7 Å². The predicted molar refractivity (Wildman–Crippen MR) is 273 cm³/mol. The molecule has 0 aliphatic heterocycles. The third-order valence-electron chi connectivity index (χ3n) is 13.4. The second-order valence-corrected chi connectivity index (χ2v) is 17.1. The van der Waals surface area contributed by atoms with Gasteiger partial charge in [-0.1, -0.05) is 176 Å². The molecule has 0 saturated carbocycles. The molecule has 0 spiro atoms. The van der Waals surface area contributed by atoms with Crippen LogP contribution < -0.4 is 0 Å². The lowest BCUT2D eigenvalue weighted by atomic mass is 9.95. The lowest BCUT2D eigenvalue weighted by Gasteiger charge is -2.18. The van der Waals surface area contributed by atoms with Crippen LogP contribution in [0.25, 0.3) is 138 Å². The quantitative estimate of drug-likeness (QED) is 0.173. The number of furan rings is 1. The van der Waals surface area contributed by atoms with E-state index < -0.39 is 0 Å². The lowest BCUT2D eigenvalue weighted by Crippen LogP contribution is -2.02. The summed E-state index contributed by atoms with van der Waals surface area (Å²) in [6.45, 7) is 0. The normalized spacial score (nSPS) is 11.9. The zero-order chi connectivity index (χ0) is 43.3. The molecule has 3 heterocycles. The van der Waals surface area contributed by atoms with E-state index in [9.17, 15) is 0 Å². The molecule has 0 amide bonds. The molecule has 0 bridgehead atoms. The summed E-state index contributed by atoms with van der Waals surface area (Å²) in [5.41, 5.74) is 9.89. The standard InChI is InChI=1S/C61H36N4O/c1-2-18-41-36-54-52(34-40(41)17-1)47-32-30-39-16-5-8-23-45(39)58(47)65(54)53-33-31-42(35-51(53)46-25-13-29-56-57(46)50-24-9-10-28-55(50)66-56)59-62-60(48-26-11-19-37-14-3-6-21-43(37)48)64-61(63-59)49-27-12-20-38-15-4-7-22-44(38)49/h1-36H. The Balaban J connectivity index is 1.11. The summed E-state index contributed by atoms with van der Waals surface area (Å²) in [7, 11) is 0. The molecule has 0 aliphatic carbocycles. The zero-order valence-electron chi connectivity index (χ0n) is 35.5. The molecule has 0 radical (unpaired) electrons. The number of hydrogen-bond acceptors (Lipinski definition) is 4. The van der Waals surface area contributed by atoms with Crippen molar-refractivity contribution in [1.82, 2.24) is 19.5 Å². The Morgan fingerprint density at radius 2 is 0.848 bits per heavy atom. The van der Waals surface area contributed by atoms with Crippen LogP contribution in [0.5, 0.6) is 0 Å². The Morgan fingerprint density at radius 3 is 1.56 bits per heavy atom. The van der Waals surface area contributed by atoms with Crippen molar-refractivity contribution in [3.8, 4) is 51.0 Å². The monoisotopic (exact) mass is 840 g/mol. The molecule has 0 saturated heterocycles. The fourth-order valence-electron chi connectivity index (χ4n) is 10.4. The van der Waals surface area contributed by atoms with Gasteiger partial charge < -0.3 is 8.98 Å². The van der Waals surface area contributed by atoms with Crippen molar-refractivity contribution in [3.05, 3.63) is 218 Å². The second-order valence-electron chi connectivity index (χ2n) is 17.1. The van der Waals surface area contributed by atoms with Crippen molar-refractivity contribution in [1.29, 1.82) is 0 Å². The molecule has 14 aromatic rings. The molecule has 3 aromatic heterocycles. The van der Waals surface area contributed by atoms with Gasteiger partial charge in [0, 0.05) is 49.2 Å². The van der Waals surface area contributed by atoms with Crippen LogP contribution in [0.15, 0.2) is 223 Å². The van der Waals surface area contributed by atoms with Crippen molar-refractivity contribution in [2.45, 2.75) is 0 Å². The van der Waals surface area contributed by atoms with Gasteiger partial charge >= 0.3 is 0 Å². The van der Waals surface area contributed by atoms with E-state index in [4.69, 9.17) is 19.4 Å². The molecule has 5 heteroatoms. The van der Waals surface area contributed by atoms with E-state index in [1.165, 1.54) is 32.3 Å². The molecule has 14 rings (SSSR count). The minimum Gasteiger partial charge on any atom is -0.456 e. The third-order valence-corrected chi connectivity index (χ3v) is 13.4. The number of aromatic nitrogens is 4. The largest absolute Gasteiger partial charge is 0.456 e. The second kappa shape index (κ2) is 14.3. The van der Waals surface area contributed by atoms with E-state index in [1.54, 1.807) is 0 Å². The smallest absolute Gasteiger partial charge is 0.164 e. The molecule has 0 unspecified atom stereocenters. The fourth-order valence-corrected chi connectivity index (χ4v) is 10.4. The average molecular weight is 841 g/mol. The van der Waals surface area contributed by atoms with E-state index in [-0.39, 0.29) is 0 Å². The summed E-state index contributed by atoms with van der Waals surface area (Å²) in [6, 6.07) is 77.6. The summed E-state index contributed by atoms with van der Waals surface area (Å²) in [5.74, 6) is 1.83. The molecule has 0 aliphatic rings. The van der Waals surface area contributed by atoms with E-state index in [0.29, 0.717) is 17.5 Å². The molecular weight excluding hydrogens is 805 g/mol. The highest BCUT2D eigenvalue weighted by Crippen LogP contribution is 2.45. The van der Waals surface area contributed by atoms with Gasteiger partial charge in [0.05, 0.1) is 16.7 Å². The third kappa shape index (κ3) is 5.57. The average Bonchev–Trinajstić information content (AvgIpc) is 3.93. The number of nitrogens with zero attached hydrogens (tertiary/aromatic N) is 4. The number of benzene rings is 11. The molecule has 66 heavy (non-hydrogen) atoms. The summed E-state index contributed by atoms with van der Waals surface area (Å²) in [5, 5.41) is 13.7. The maximum atomic E-state index is 6.57. The number of hydrogen-bond donors (Lipinski definition) is 0. The van der Waals surface area contributed by atoms with E-state index in [0.717, 1.165) is 88.0 Å². The Labute approximate surface area is 378 Å². The van der Waals surface area contributed by atoms with Crippen LogP contribution in [-0.2, 0) is 0 Å². The van der Waals surface area contributed by atoms with Gasteiger partial charge in [0.2, 0.25) is 0 Å². The highest BCUT2D eigenvalue weighted by atomic mass is 16.3. The maximum Gasteiger partial charge on any atom is 0.164 e. The minimum absolute atomic E-state index is 0.589. The first-order valence-corrected chi connectivity index (χ1v) is 22.3. The SMILES string of the molecule is c1ccc2cc3c(cc2c1)c1ccc2ccccc2c1n3-c1ccc(-c2nc(-c3cccc4ccccc34)nc(-c3cccc4ccccc34)n2)cc1-c1cccc2oc3ccccc3c12. The molecular formula is C61H36N4O. The minimum atomic E-state index is 0.589. The molecule has 306 valence electrons. The Kier molecular flexibility index (Phi) is 7.91. The van der Waals surface area contributed by atoms with Crippen molar-refractivity contribution in [2.75, 3.05) is 0 Å². The fraction of sp³-hybridized carbons (Fsp3) is 0. The number of rotatable bonds is 5. The van der Waals surface area contributed by atoms with E-state index >= 15 is 0 Å². The zero-order valence-corrected chi connectivity index (χ0v) is 35.5. The van der Waals surface area contributed by atoms with E-state index in [1.807, 2.05) is 6.07 Å². The summed E-state index contributed by atoms with van der Waals surface area (Å²) in [4.78, 5) is 16.1. The van der Waals surface area contributed by atoms with Crippen LogP contribution >= 0.6 is 0 Å². The van der Waals surface area contributed by atoms with Crippen LogP contribution in [0.2, 0.25) is 0 Å². The van der Waals surface area contributed by atoms with Gasteiger partial charge in [-0.3, -0.25) is 0 Å². The lowest BCUT2D eigenvalue weighted by molar-refractivity contribution is 0.669. The van der Waals surface area contributed by atoms with Gasteiger partial charge in [0.25, 0.3) is 0 Å². The molecule has 0 atom stereocenters. The summed E-state index contributed by atoms with van der Waals surface area (Å²) >= 11 is 0.